The molecule has 11 nitrogen and oxygen atoms in total. The first-order chi connectivity index (χ1) is 21.1. The van der Waals surface area contributed by atoms with Crippen molar-refractivity contribution in [2.24, 2.45) is 0 Å². The highest BCUT2D eigenvalue weighted by molar-refractivity contribution is 6.07. The van der Waals surface area contributed by atoms with E-state index in [1.807, 2.05) is 54.6 Å². The summed E-state index contributed by atoms with van der Waals surface area (Å²) in [4.78, 5) is 29.4. The molecular weight excluding hydrogens is 560 g/mol. The van der Waals surface area contributed by atoms with Crippen LogP contribution in [0.15, 0.2) is 85.1 Å². The lowest BCUT2D eigenvalue weighted by molar-refractivity contribution is -0.119. The fraction of sp³-hybridized carbons (Fsp3) is 0.212. The van der Waals surface area contributed by atoms with Crippen molar-refractivity contribution >= 4 is 40.0 Å². The van der Waals surface area contributed by atoms with Crippen molar-refractivity contribution in [3.63, 3.8) is 0 Å². The maximum atomic E-state index is 13.4. The van der Waals surface area contributed by atoms with Gasteiger partial charge in [0.25, 0.3) is 5.91 Å². The second kappa shape index (κ2) is 12.8. The van der Waals surface area contributed by atoms with Gasteiger partial charge in [0.05, 0.1) is 24.2 Å². The highest BCUT2D eigenvalue weighted by Crippen LogP contribution is 2.35. The molecule has 0 saturated carbocycles. The fourth-order valence-corrected chi connectivity index (χ4v) is 4.50. The summed E-state index contributed by atoms with van der Waals surface area (Å²) in [6, 6.07) is 23.4. The summed E-state index contributed by atoms with van der Waals surface area (Å²) in [6.45, 7) is 6.11. The van der Waals surface area contributed by atoms with E-state index < -0.39 is 6.03 Å². The molecule has 0 bridgehead atoms. The molecule has 0 spiro atoms. The molecule has 0 aliphatic rings. The molecule has 2 heterocycles. The Morgan fingerprint density at radius 2 is 1.64 bits per heavy atom. The van der Waals surface area contributed by atoms with Crippen molar-refractivity contribution < 1.29 is 23.8 Å². The van der Waals surface area contributed by atoms with Crippen LogP contribution in [-0.2, 0) is 14.9 Å². The average molecular weight is 595 g/mol. The summed E-state index contributed by atoms with van der Waals surface area (Å²) in [6.07, 6.45) is 1.54. The number of urea groups is 1. The number of ether oxygens (including phenoxy) is 3. The van der Waals surface area contributed by atoms with E-state index >= 15 is 0 Å². The van der Waals surface area contributed by atoms with E-state index in [0.29, 0.717) is 34.6 Å². The number of pyridine rings is 1. The predicted molar refractivity (Wildman–Crippen MR) is 170 cm³/mol. The summed E-state index contributed by atoms with van der Waals surface area (Å²) < 4.78 is 18.1. The standard InChI is InChI=1S/C33H34N6O5/c1-33(2,3)28-19-30(39(38-28)21-9-8-10-22(17-21)43-5)37-32(41)35-26-13-14-27(25-12-7-6-11-24(25)26)44-23-15-16-34-29(18-23)36-31(40)20-42-4/h6-19H,20H2,1-5H3,(H,34,36,40)(H2,35,37,41). The molecule has 226 valence electrons. The summed E-state index contributed by atoms with van der Waals surface area (Å²) in [5.41, 5.74) is 1.92. The maximum Gasteiger partial charge on any atom is 0.324 e. The average Bonchev–Trinajstić information content (AvgIpc) is 3.43. The zero-order valence-electron chi connectivity index (χ0n) is 25.2. The van der Waals surface area contributed by atoms with Crippen molar-refractivity contribution in [1.29, 1.82) is 0 Å². The number of nitrogens with one attached hydrogen (secondary N) is 3. The van der Waals surface area contributed by atoms with Crippen molar-refractivity contribution in [3.05, 3.63) is 90.8 Å². The molecule has 5 rings (SSSR count). The Kier molecular flexibility index (Phi) is 8.77. The second-order valence-electron chi connectivity index (χ2n) is 11.0. The number of nitrogens with zero attached hydrogens (tertiary/aromatic N) is 3. The minimum Gasteiger partial charge on any atom is -0.497 e. The Balaban J connectivity index is 1.39. The fourth-order valence-electron chi connectivity index (χ4n) is 4.50. The summed E-state index contributed by atoms with van der Waals surface area (Å²) in [7, 11) is 3.05. The number of anilines is 3. The van der Waals surface area contributed by atoms with Crippen LogP contribution in [0.4, 0.5) is 22.1 Å². The quantitative estimate of drug-likeness (QED) is 0.172. The van der Waals surface area contributed by atoms with Gasteiger partial charge in [-0.3, -0.25) is 10.1 Å². The third-order valence-corrected chi connectivity index (χ3v) is 6.65. The number of carbonyl (C=O) groups is 2. The number of aromatic nitrogens is 3. The van der Waals surface area contributed by atoms with Crippen molar-refractivity contribution in [2.45, 2.75) is 26.2 Å². The first-order valence-electron chi connectivity index (χ1n) is 13.9. The van der Waals surface area contributed by atoms with Gasteiger partial charge in [0, 0.05) is 47.7 Å². The molecule has 0 atom stereocenters. The highest BCUT2D eigenvalue weighted by atomic mass is 16.5. The third-order valence-electron chi connectivity index (χ3n) is 6.65. The highest BCUT2D eigenvalue weighted by Gasteiger charge is 2.22. The van der Waals surface area contributed by atoms with Crippen LogP contribution in [-0.4, -0.2) is 47.5 Å². The van der Waals surface area contributed by atoms with Crippen LogP contribution < -0.4 is 25.4 Å². The third kappa shape index (κ3) is 6.96. The van der Waals surface area contributed by atoms with Gasteiger partial charge in [-0.15, -0.1) is 0 Å². The molecule has 0 saturated heterocycles. The van der Waals surface area contributed by atoms with Crippen LogP contribution >= 0.6 is 0 Å². The number of fused-ring (bicyclic) bond motifs is 1. The van der Waals surface area contributed by atoms with Crippen LogP contribution in [0.5, 0.6) is 17.2 Å². The number of methoxy groups -OCH3 is 2. The van der Waals surface area contributed by atoms with Gasteiger partial charge >= 0.3 is 6.03 Å². The molecule has 3 aromatic carbocycles. The number of carbonyl (C=O) groups excluding carboxylic acids is 2. The topological polar surface area (TPSA) is 129 Å². The summed E-state index contributed by atoms with van der Waals surface area (Å²) in [5.74, 6) is 2.26. The second-order valence-corrected chi connectivity index (χ2v) is 11.0. The van der Waals surface area contributed by atoms with E-state index in [1.165, 1.54) is 7.11 Å². The maximum absolute atomic E-state index is 13.4. The van der Waals surface area contributed by atoms with Gasteiger partial charge in [-0.05, 0) is 30.3 Å². The molecule has 44 heavy (non-hydrogen) atoms. The molecule has 0 aliphatic carbocycles. The normalized spacial score (nSPS) is 11.2. The van der Waals surface area contributed by atoms with E-state index in [2.05, 4.69) is 41.7 Å². The van der Waals surface area contributed by atoms with Crippen LogP contribution in [0.3, 0.4) is 0 Å². The predicted octanol–water partition coefficient (Wildman–Crippen LogP) is 6.75. The van der Waals surface area contributed by atoms with Crippen LogP contribution in [0, 0.1) is 0 Å². The van der Waals surface area contributed by atoms with E-state index in [1.54, 1.807) is 42.3 Å². The number of rotatable bonds is 9. The van der Waals surface area contributed by atoms with Crippen LogP contribution in [0.1, 0.15) is 26.5 Å². The van der Waals surface area contributed by atoms with Crippen LogP contribution in [0.2, 0.25) is 0 Å². The van der Waals surface area contributed by atoms with E-state index in [4.69, 9.17) is 19.3 Å². The van der Waals surface area contributed by atoms with Crippen molar-refractivity contribution in [3.8, 4) is 22.9 Å². The van der Waals surface area contributed by atoms with Gasteiger partial charge < -0.3 is 24.8 Å². The Hall–Kier alpha value is -5.42. The number of hydrogen-bond acceptors (Lipinski definition) is 7. The monoisotopic (exact) mass is 594 g/mol. The molecule has 0 unspecified atom stereocenters. The van der Waals surface area contributed by atoms with Gasteiger partial charge in [-0.1, -0.05) is 51.1 Å². The van der Waals surface area contributed by atoms with Crippen molar-refractivity contribution in [1.82, 2.24) is 14.8 Å². The number of benzene rings is 3. The van der Waals surface area contributed by atoms with E-state index in [-0.39, 0.29) is 17.9 Å². The van der Waals surface area contributed by atoms with E-state index in [0.717, 1.165) is 22.2 Å². The molecule has 0 fully saturated rings. The lowest BCUT2D eigenvalue weighted by atomic mass is 9.92. The van der Waals surface area contributed by atoms with Crippen LogP contribution in [0.25, 0.3) is 16.5 Å². The van der Waals surface area contributed by atoms with Gasteiger partial charge in [0.1, 0.15) is 35.5 Å². The Bertz CT molecular complexity index is 1810. The largest absolute Gasteiger partial charge is 0.497 e. The molecule has 2 aromatic heterocycles. The molecule has 3 amide bonds. The van der Waals surface area contributed by atoms with Gasteiger partial charge in [-0.2, -0.15) is 5.10 Å². The molecule has 0 aliphatic heterocycles. The number of hydrogen-bond donors (Lipinski definition) is 3. The van der Waals surface area contributed by atoms with Gasteiger partial charge in [0.15, 0.2) is 0 Å². The lowest BCUT2D eigenvalue weighted by Crippen LogP contribution is -2.21. The first-order valence-corrected chi connectivity index (χ1v) is 13.9. The van der Waals surface area contributed by atoms with E-state index in [9.17, 15) is 9.59 Å². The Morgan fingerprint density at radius 3 is 2.39 bits per heavy atom. The van der Waals surface area contributed by atoms with Crippen molar-refractivity contribution in [2.75, 3.05) is 36.8 Å². The first kappa shape index (κ1) is 30.1. The zero-order chi connectivity index (χ0) is 31.3. The SMILES string of the molecule is COCC(=O)Nc1cc(Oc2ccc(NC(=O)Nc3cc(C(C)(C)C)nn3-c3cccc(OC)c3)c3ccccc23)ccn1. The minimum absolute atomic E-state index is 0.0828. The number of amides is 3. The summed E-state index contributed by atoms with van der Waals surface area (Å²) in [5, 5.41) is 15.0. The smallest absolute Gasteiger partial charge is 0.324 e. The zero-order valence-corrected chi connectivity index (χ0v) is 25.2. The lowest BCUT2D eigenvalue weighted by Gasteiger charge is -2.15. The molecule has 5 aromatic rings. The van der Waals surface area contributed by atoms with Gasteiger partial charge in [-0.25, -0.2) is 14.5 Å². The molecule has 0 radical (unpaired) electrons. The van der Waals surface area contributed by atoms with Gasteiger partial charge in [0.2, 0.25) is 0 Å². The molecule has 3 N–H and O–H groups in total. The molecular formula is C33H34N6O5. The molecule has 11 heteroatoms. The minimum atomic E-state index is -0.432. The Morgan fingerprint density at radius 1 is 0.841 bits per heavy atom. The Labute approximate surface area is 255 Å². The summed E-state index contributed by atoms with van der Waals surface area (Å²) >= 11 is 0.